The van der Waals surface area contributed by atoms with Crippen molar-refractivity contribution in [3.8, 4) is 11.1 Å². The first kappa shape index (κ1) is 18.4. The van der Waals surface area contributed by atoms with E-state index in [0.717, 1.165) is 11.8 Å². The molecule has 0 saturated carbocycles. The Balaban J connectivity index is 2.09. The van der Waals surface area contributed by atoms with Gasteiger partial charge in [-0.05, 0) is 35.2 Å². The van der Waals surface area contributed by atoms with Crippen LogP contribution < -0.4 is 0 Å². The lowest BCUT2D eigenvalue weighted by molar-refractivity contribution is 0.327. The van der Waals surface area contributed by atoms with E-state index in [0.29, 0.717) is 17.7 Å². The number of hydrogen-bond acceptors (Lipinski definition) is 0. The van der Waals surface area contributed by atoms with Crippen LogP contribution in [0.5, 0.6) is 0 Å². The van der Waals surface area contributed by atoms with Gasteiger partial charge in [-0.1, -0.05) is 58.0 Å². The van der Waals surface area contributed by atoms with Crippen LogP contribution in [0.3, 0.4) is 0 Å². The van der Waals surface area contributed by atoms with E-state index in [1.54, 1.807) is 0 Å². The Morgan fingerprint density at radius 3 is 2.31 bits per heavy atom. The van der Waals surface area contributed by atoms with Crippen LogP contribution in [0.1, 0.15) is 44.9 Å². The summed E-state index contributed by atoms with van der Waals surface area (Å²) in [5, 5.41) is 0. The molecule has 0 fully saturated rings. The van der Waals surface area contributed by atoms with Gasteiger partial charge >= 0.3 is 0 Å². The van der Waals surface area contributed by atoms with Crippen LogP contribution in [-0.2, 0) is 6.54 Å². The van der Waals surface area contributed by atoms with E-state index in [1.807, 2.05) is 30.5 Å². The number of benzene rings is 2. The first-order valence-electron chi connectivity index (χ1n) is 8.95. The number of rotatable bonds is 4. The Bertz CT molecular complexity index is 888. The van der Waals surface area contributed by atoms with Crippen LogP contribution in [-0.4, -0.2) is 4.57 Å². The molecule has 0 radical (unpaired) electrons. The molecule has 3 aromatic rings. The standard InChI is InChI=1S/C23H25F2N/c1-16(23(2,3)4)22-12-18(20-13-19(24)10-11-21(20)25)15-26(22)14-17-8-6-5-7-9-17/h5-13,15-16H,14H2,1-4H3/t16-/m0/s1. The first-order valence-corrected chi connectivity index (χ1v) is 8.95. The zero-order valence-corrected chi connectivity index (χ0v) is 15.8. The molecular formula is C23H25F2N. The summed E-state index contributed by atoms with van der Waals surface area (Å²) in [5.74, 6) is -0.572. The summed E-state index contributed by atoms with van der Waals surface area (Å²) >= 11 is 0. The van der Waals surface area contributed by atoms with Gasteiger partial charge in [-0.15, -0.1) is 0 Å². The van der Waals surface area contributed by atoms with Crippen molar-refractivity contribution in [3.05, 3.63) is 83.7 Å². The van der Waals surface area contributed by atoms with Gasteiger partial charge in [-0.2, -0.15) is 0 Å². The maximum Gasteiger partial charge on any atom is 0.131 e. The second-order valence-corrected chi connectivity index (χ2v) is 7.98. The van der Waals surface area contributed by atoms with Crippen molar-refractivity contribution < 1.29 is 8.78 Å². The molecule has 3 heteroatoms. The molecule has 0 bridgehead atoms. The van der Waals surface area contributed by atoms with Crippen LogP contribution in [0.2, 0.25) is 0 Å². The highest BCUT2D eigenvalue weighted by Gasteiger charge is 2.25. The molecular weight excluding hydrogens is 328 g/mol. The Morgan fingerprint density at radius 2 is 1.65 bits per heavy atom. The average molecular weight is 353 g/mol. The minimum absolute atomic E-state index is 0.0601. The van der Waals surface area contributed by atoms with Crippen LogP contribution in [0.25, 0.3) is 11.1 Å². The topological polar surface area (TPSA) is 4.93 Å². The van der Waals surface area contributed by atoms with E-state index in [1.165, 1.54) is 17.7 Å². The van der Waals surface area contributed by atoms with Gasteiger partial charge < -0.3 is 4.57 Å². The summed E-state index contributed by atoms with van der Waals surface area (Å²) < 4.78 is 30.1. The fraction of sp³-hybridized carbons (Fsp3) is 0.304. The van der Waals surface area contributed by atoms with Crippen molar-refractivity contribution in [2.24, 2.45) is 5.41 Å². The molecule has 3 rings (SSSR count). The minimum atomic E-state index is -0.428. The maximum atomic E-state index is 14.3. The molecule has 0 spiro atoms. The molecule has 1 heterocycles. The number of aromatic nitrogens is 1. The Morgan fingerprint density at radius 1 is 0.962 bits per heavy atom. The quantitative estimate of drug-likeness (QED) is 0.496. The zero-order chi connectivity index (χ0) is 18.9. The smallest absolute Gasteiger partial charge is 0.131 e. The van der Waals surface area contributed by atoms with Crippen molar-refractivity contribution in [2.75, 3.05) is 0 Å². The van der Waals surface area contributed by atoms with Crippen molar-refractivity contribution in [2.45, 2.75) is 40.2 Å². The van der Waals surface area contributed by atoms with Crippen LogP contribution in [0.15, 0.2) is 60.8 Å². The van der Waals surface area contributed by atoms with E-state index >= 15 is 0 Å². The molecule has 1 atom stereocenters. The van der Waals surface area contributed by atoms with Gasteiger partial charge in [-0.25, -0.2) is 8.78 Å². The van der Waals surface area contributed by atoms with E-state index < -0.39 is 11.6 Å². The predicted octanol–water partition coefficient (Wildman–Crippen LogP) is 6.63. The molecule has 1 nitrogen and oxygen atoms in total. The van der Waals surface area contributed by atoms with E-state index in [2.05, 4.69) is 44.4 Å². The predicted molar refractivity (Wildman–Crippen MR) is 103 cm³/mol. The van der Waals surface area contributed by atoms with E-state index in [4.69, 9.17) is 0 Å². The van der Waals surface area contributed by atoms with E-state index in [9.17, 15) is 8.78 Å². The van der Waals surface area contributed by atoms with Crippen LogP contribution in [0.4, 0.5) is 8.78 Å². The molecule has 0 amide bonds. The second kappa shape index (κ2) is 7.06. The average Bonchev–Trinajstić information content (AvgIpc) is 2.99. The third-order valence-electron chi connectivity index (χ3n) is 5.11. The summed E-state index contributed by atoms with van der Waals surface area (Å²) in [5.41, 5.74) is 3.38. The molecule has 26 heavy (non-hydrogen) atoms. The van der Waals surface area contributed by atoms with Gasteiger partial charge in [0.15, 0.2) is 0 Å². The fourth-order valence-electron chi connectivity index (χ4n) is 3.12. The fourth-order valence-corrected chi connectivity index (χ4v) is 3.12. The molecule has 0 N–H and O–H groups in total. The molecule has 0 aliphatic carbocycles. The summed E-state index contributed by atoms with van der Waals surface area (Å²) in [6.45, 7) is 9.47. The molecule has 0 saturated heterocycles. The highest BCUT2D eigenvalue weighted by atomic mass is 19.1. The minimum Gasteiger partial charge on any atom is -0.346 e. The Hall–Kier alpha value is -2.42. The van der Waals surface area contributed by atoms with Crippen molar-refractivity contribution in [1.82, 2.24) is 4.57 Å². The van der Waals surface area contributed by atoms with Crippen LogP contribution >= 0.6 is 0 Å². The maximum absolute atomic E-state index is 14.3. The lowest BCUT2D eigenvalue weighted by atomic mass is 9.80. The second-order valence-electron chi connectivity index (χ2n) is 7.98. The third-order valence-corrected chi connectivity index (χ3v) is 5.11. The SMILES string of the molecule is C[C@@H](c1cc(-c2cc(F)ccc2F)cn1Cc1ccccc1)C(C)(C)C. The Labute approximate surface area is 154 Å². The molecule has 0 unspecified atom stereocenters. The molecule has 0 aliphatic rings. The van der Waals surface area contributed by atoms with Gasteiger partial charge in [0.1, 0.15) is 11.6 Å². The van der Waals surface area contributed by atoms with Gasteiger partial charge in [0, 0.05) is 35.5 Å². The third kappa shape index (κ3) is 3.87. The number of hydrogen-bond donors (Lipinski definition) is 0. The van der Waals surface area contributed by atoms with Crippen molar-refractivity contribution >= 4 is 0 Å². The molecule has 136 valence electrons. The number of halogens is 2. The van der Waals surface area contributed by atoms with Gasteiger partial charge in [0.05, 0.1) is 0 Å². The zero-order valence-electron chi connectivity index (χ0n) is 15.8. The van der Waals surface area contributed by atoms with Crippen LogP contribution in [0, 0.1) is 17.0 Å². The summed E-state index contributed by atoms with van der Waals surface area (Å²) in [6, 6.07) is 15.8. The highest BCUT2D eigenvalue weighted by molar-refractivity contribution is 5.65. The van der Waals surface area contributed by atoms with E-state index in [-0.39, 0.29) is 11.3 Å². The van der Waals surface area contributed by atoms with Crippen molar-refractivity contribution in [3.63, 3.8) is 0 Å². The highest BCUT2D eigenvalue weighted by Crippen LogP contribution is 2.38. The summed E-state index contributed by atoms with van der Waals surface area (Å²) in [4.78, 5) is 0. The normalized spacial score (nSPS) is 13.0. The molecule has 2 aromatic carbocycles. The number of nitrogens with zero attached hydrogens (tertiary/aromatic N) is 1. The van der Waals surface area contributed by atoms with Gasteiger partial charge in [0.2, 0.25) is 0 Å². The summed E-state index contributed by atoms with van der Waals surface area (Å²) in [7, 11) is 0. The summed E-state index contributed by atoms with van der Waals surface area (Å²) in [6.07, 6.45) is 1.93. The van der Waals surface area contributed by atoms with Crippen molar-refractivity contribution in [1.29, 1.82) is 0 Å². The lowest BCUT2D eigenvalue weighted by Gasteiger charge is -2.28. The van der Waals surface area contributed by atoms with Gasteiger partial charge in [-0.3, -0.25) is 0 Å². The molecule has 0 aliphatic heterocycles. The molecule has 1 aromatic heterocycles. The first-order chi connectivity index (χ1) is 12.3. The largest absolute Gasteiger partial charge is 0.346 e. The lowest BCUT2D eigenvalue weighted by Crippen LogP contribution is -2.18. The monoisotopic (exact) mass is 353 g/mol. The Kier molecular flexibility index (Phi) is 4.99. The van der Waals surface area contributed by atoms with Gasteiger partial charge in [0.25, 0.3) is 0 Å².